The Bertz CT molecular complexity index is 720. The molecule has 2 aromatic rings. The van der Waals surface area contributed by atoms with Crippen molar-refractivity contribution in [3.8, 4) is 5.75 Å². The number of hydrogen-bond donors (Lipinski definition) is 1. The minimum absolute atomic E-state index is 0.134. The maximum absolute atomic E-state index is 12.0. The second-order valence-corrected chi connectivity index (χ2v) is 5.02. The Morgan fingerprint density at radius 3 is 2.39 bits per heavy atom. The summed E-state index contributed by atoms with van der Waals surface area (Å²) < 4.78 is 11.7. The molecule has 0 aliphatic rings. The third-order valence-electron chi connectivity index (χ3n) is 3.42. The molecule has 1 amide bonds. The molecule has 122 valence electrons. The zero-order valence-electron chi connectivity index (χ0n) is 13.5. The van der Waals surface area contributed by atoms with Gasteiger partial charge < -0.3 is 14.8 Å². The van der Waals surface area contributed by atoms with E-state index in [2.05, 4.69) is 15.2 Å². The number of ether oxygens (including phenoxy) is 2. The van der Waals surface area contributed by atoms with Crippen molar-refractivity contribution in [2.75, 3.05) is 19.0 Å². The molecule has 7 nitrogen and oxygen atoms in total. The highest BCUT2D eigenvalue weighted by Crippen LogP contribution is 2.18. The van der Waals surface area contributed by atoms with E-state index in [9.17, 15) is 9.59 Å². The number of benzene rings is 1. The van der Waals surface area contributed by atoms with Gasteiger partial charge in [-0.25, -0.2) is 4.79 Å². The molecule has 7 heteroatoms. The van der Waals surface area contributed by atoms with Crippen LogP contribution in [0.1, 0.15) is 21.7 Å². The highest BCUT2D eigenvalue weighted by atomic mass is 16.5. The number of amides is 1. The molecule has 2 rings (SSSR count). The quantitative estimate of drug-likeness (QED) is 0.851. The van der Waals surface area contributed by atoms with Crippen molar-refractivity contribution >= 4 is 17.6 Å². The van der Waals surface area contributed by atoms with Crippen LogP contribution in [0.5, 0.6) is 5.75 Å². The van der Waals surface area contributed by atoms with Gasteiger partial charge in [-0.15, -0.1) is 0 Å². The Morgan fingerprint density at radius 1 is 1.22 bits per heavy atom. The lowest BCUT2D eigenvalue weighted by atomic mass is 10.2. The van der Waals surface area contributed by atoms with Crippen LogP contribution in [0, 0.1) is 13.8 Å². The van der Waals surface area contributed by atoms with E-state index in [4.69, 9.17) is 4.74 Å². The zero-order valence-corrected chi connectivity index (χ0v) is 13.5. The predicted octanol–water partition coefficient (Wildman–Crippen LogP) is 1.84. The minimum atomic E-state index is -0.420. The molecule has 0 saturated heterocycles. The van der Waals surface area contributed by atoms with Crippen LogP contribution in [0.4, 0.5) is 5.69 Å². The van der Waals surface area contributed by atoms with Gasteiger partial charge in [-0.2, -0.15) is 5.10 Å². The van der Waals surface area contributed by atoms with Crippen molar-refractivity contribution in [2.45, 2.75) is 13.8 Å². The first kappa shape index (κ1) is 16.5. The Morgan fingerprint density at radius 2 is 1.87 bits per heavy atom. The first-order valence-electron chi connectivity index (χ1n) is 7.03. The van der Waals surface area contributed by atoms with E-state index in [1.165, 1.54) is 7.11 Å². The number of esters is 1. The molecule has 0 atom stereocenters. The normalized spacial score (nSPS) is 10.3. The summed E-state index contributed by atoms with van der Waals surface area (Å²) in [6.07, 6.45) is 0. The van der Waals surface area contributed by atoms with Crippen LogP contribution in [-0.2, 0) is 16.6 Å². The lowest BCUT2D eigenvalue weighted by Gasteiger charge is -2.08. The third-order valence-corrected chi connectivity index (χ3v) is 3.42. The predicted molar refractivity (Wildman–Crippen MR) is 84.6 cm³/mol. The van der Waals surface area contributed by atoms with Crippen molar-refractivity contribution < 1.29 is 19.1 Å². The van der Waals surface area contributed by atoms with Gasteiger partial charge in [0.25, 0.3) is 5.91 Å². The first-order chi connectivity index (χ1) is 10.9. The monoisotopic (exact) mass is 317 g/mol. The molecule has 0 bridgehead atoms. The molecular formula is C16H19N3O4. The van der Waals surface area contributed by atoms with Gasteiger partial charge in [0.2, 0.25) is 0 Å². The van der Waals surface area contributed by atoms with E-state index in [1.54, 1.807) is 28.9 Å². The molecule has 0 aliphatic carbocycles. The summed E-state index contributed by atoms with van der Waals surface area (Å²) >= 11 is 0. The Hall–Kier alpha value is -2.83. The van der Waals surface area contributed by atoms with E-state index in [0.717, 1.165) is 11.4 Å². The van der Waals surface area contributed by atoms with Gasteiger partial charge in [0.05, 0.1) is 29.7 Å². The van der Waals surface area contributed by atoms with Crippen LogP contribution in [0.25, 0.3) is 0 Å². The summed E-state index contributed by atoms with van der Waals surface area (Å²) in [5.41, 5.74) is 2.74. The van der Waals surface area contributed by atoms with Crippen LogP contribution < -0.4 is 10.1 Å². The SMILES string of the molecule is COC(=O)c1ccc(OCC(=O)Nc2c(C)nn(C)c2C)cc1. The lowest BCUT2D eigenvalue weighted by Crippen LogP contribution is -2.21. The van der Waals surface area contributed by atoms with Crippen molar-refractivity contribution in [3.63, 3.8) is 0 Å². The number of anilines is 1. The Labute approximate surface area is 134 Å². The number of nitrogens with zero attached hydrogens (tertiary/aromatic N) is 2. The van der Waals surface area contributed by atoms with Crippen molar-refractivity contribution in [1.82, 2.24) is 9.78 Å². The second-order valence-electron chi connectivity index (χ2n) is 5.02. The van der Waals surface area contributed by atoms with Crippen LogP contribution in [0.2, 0.25) is 0 Å². The number of aromatic nitrogens is 2. The molecule has 1 N–H and O–H groups in total. The maximum Gasteiger partial charge on any atom is 0.337 e. The van der Waals surface area contributed by atoms with Gasteiger partial charge in [0.15, 0.2) is 6.61 Å². The maximum atomic E-state index is 12.0. The zero-order chi connectivity index (χ0) is 17.0. The number of carbonyl (C=O) groups excluding carboxylic acids is 2. The molecule has 1 heterocycles. The van der Waals surface area contributed by atoms with Gasteiger partial charge in [0.1, 0.15) is 5.75 Å². The largest absolute Gasteiger partial charge is 0.484 e. The average Bonchev–Trinajstić information content (AvgIpc) is 2.79. The third kappa shape index (κ3) is 3.88. The lowest BCUT2D eigenvalue weighted by molar-refractivity contribution is -0.118. The first-order valence-corrected chi connectivity index (χ1v) is 7.03. The summed E-state index contributed by atoms with van der Waals surface area (Å²) in [6, 6.07) is 6.38. The fourth-order valence-corrected chi connectivity index (χ4v) is 2.08. The summed E-state index contributed by atoms with van der Waals surface area (Å²) in [4.78, 5) is 23.3. The Balaban J connectivity index is 1.93. The number of hydrogen-bond acceptors (Lipinski definition) is 5. The number of rotatable bonds is 5. The average molecular weight is 317 g/mol. The van der Waals surface area contributed by atoms with Gasteiger partial charge in [-0.1, -0.05) is 0 Å². The summed E-state index contributed by atoms with van der Waals surface area (Å²) in [5.74, 6) is -0.203. The van der Waals surface area contributed by atoms with Crippen molar-refractivity contribution in [1.29, 1.82) is 0 Å². The van der Waals surface area contributed by atoms with Crippen molar-refractivity contribution in [2.24, 2.45) is 7.05 Å². The molecule has 0 fully saturated rings. The topological polar surface area (TPSA) is 82.4 Å². The molecule has 0 aliphatic heterocycles. The van der Waals surface area contributed by atoms with Gasteiger partial charge in [0, 0.05) is 7.05 Å². The molecule has 0 unspecified atom stereocenters. The number of carbonyl (C=O) groups is 2. The number of nitrogens with one attached hydrogen (secondary N) is 1. The van der Waals surface area contributed by atoms with E-state index in [0.29, 0.717) is 17.0 Å². The number of aryl methyl sites for hydroxylation is 2. The van der Waals surface area contributed by atoms with Crippen LogP contribution >= 0.6 is 0 Å². The van der Waals surface area contributed by atoms with Gasteiger partial charge in [-0.05, 0) is 38.1 Å². The molecule has 23 heavy (non-hydrogen) atoms. The van der Waals surface area contributed by atoms with E-state index in [1.807, 2.05) is 20.9 Å². The van der Waals surface area contributed by atoms with Crippen molar-refractivity contribution in [3.05, 3.63) is 41.2 Å². The summed E-state index contributed by atoms with van der Waals surface area (Å²) in [7, 11) is 3.14. The van der Waals surface area contributed by atoms with E-state index in [-0.39, 0.29) is 12.5 Å². The van der Waals surface area contributed by atoms with E-state index >= 15 is 0 Å². The molecular weight excluding hydrogens is 298 g/mol. The number of methoxy groups -OCH3 is 1. The van der Waals surface area contributed by atoms with Gasteiger partial charge in [-0.3, -0.25) is 9.48 Å². The Kier molecular flexibility index (Phi) is 5.00. The minimum Gasteiger partial charge on any atom is -0.484 e. The molecule has 0 spiro atoms. The van der Waals surface area contributed by atoms with E-state index < -0.39 is 5.97 Å². The molecule has 1 aromatic heterocycles. The fourth-order valence-electron chi connectivity index (χ4n) is 2.08. The van der Waals surface area contributed by atoms with Gasteiger partial charge >= 0.3 is 5.97 Å². The van der Waals surface area contributed by atoms with Crippen LogP contribution in [-0.4, -0.2) is 35.4 Å². The molecule has 0 radical (unpaired) electrons. The highest BCUT2D eigenvalue weighted by molar-refractivity contribution is 5.93. The standard InChI is InChI=1S/C16H19N3O4/c1-10-15(11(2)19(3)18-10)17-14(20)9-23-13-7-5-12(6-8-13)16(21)22-4/h5-8H,9H2,1-4H3,(H,17,20). The molecule has 0 saturated carbocycles. The summed E-state index contributed by atoms with van der Waals surface area (Å²) in [6.45, 7) is 3.57. The van der Waals surface area contributed by atoms with Crippen LogP contribution in [0.15, 0.2) is 24.3 Å². The van der Waals surface area contributed by atoms with Crippen LogP contribution in [0.3, 0.4) is 0 Å². The fraction of sp³-hybridized carbons (Fsp3) is 0.312. The smallest absolute Gasteiger partial charge is 0.337 e. The summed E-state index contributed by atoms with van der Waals surface area (Å²) in [5, 5.41) is 7.02. The second kappa shape index (κ2) is 6.95. The highest BCUT2D eigenvalue weighted by Gasteiger charge is 2.13. The molecule has 1 aromatic carbocycles.